The number of hydrogen-bond donors (Lipinski definition) is 1. The fraction of sp³-hybridized carbons (Fsp3) is 0.556. The molecule has 0 aromatic carbocycles. The number of rotatable bonds is 5. The van der Waals surface area contributed by atoms with Gasteiger partial charge in [-0.1, -0.05) is 6.92 Å². The molecule has 1 saturated heterocycles. The predicted molar refractivity (Wildman–Crippen MR) is 91.5 cm³/mol. The molecule has 2 aromatic heterocycles. The van der Waals surface area contributed by atoms with Crippen LogP contribution in [0.15, 0.2) is 22.7 Å². The van der Waals surface area contributed by atoms with Crippen LogP contribution in [0, 0.1) is 12.8 Å². The third-order valence-electron chi connectivity index (χ3n) is 4.62. The van der Waals surface area contributed by atoms with Gasteiger partial charge < -0.3 is 14.3 Å². The number of aryl methyl sites for hydroxylation is 1. The van der Waals surface area contributed by atoms with Gasteiger partial charge >= 0.3 is 0 Å². The van der Waals surface area contributed by atoms with Gasteiger partial charge in [0, 0.05) is 18.9 Å². The van der Waals surface area contributed by atoms with Crippen molar-refractivity contribution in [2.45, 2.75) is 39.8 Å². The number of carbonyl (C=O) groups is 1. The highest BCUT2D eigenvalue weighted by Gasteiger charge is 2.20. The molecule has 0 spiro atoms. The second kappa shape index (κ2) is 7.21. The molecule has 130 valence electrons. The minimum Gasteiger partial charge on any atom is -0.455 e. The number of carbonyl (C=O) groups excluding carboxylic acids is 1. The maximum absolute atomic E-state index is 12.5. The Kier molecular flexibility index (Phi) is 5.04. The van der Waals surface area contributed by atoms with Gasteiger partial charge in [-0.25, -0.2) is 4.98 Å². The van der Waals surface area contributed by atoms with Gasteiger partial charge in [0.1, 0.15) is 11.6 Å². The Morgan fingerprint density at radius 3 is 2.83 bits per heavy atom. The van der Waals surface area contributed by atoms with Crippen molar-refractivity contribution in [2.75, 3.05) is 20.1 Å². The summed E-state index contributed by atoms with van der Waals surface area (Å²) in [6.45, 7) is 7.66. The lowest BCUT2D eigenvalue weighted by atomic mass is 9.99. The van der Waals surface area contributed by atoms with Crippen LogP contribution in [0.4, 0.5) is 0 Å². The van der Waals surface area contributed by atoms with Gasteiger partial charge in [-0.3, -0.25) is 9.69 Å². The summed E-state index contributed by atoms with van der Waals surface area (Å²) in [4.78, 5) is 23.9. The first-order valence-electron chi connectivity index (χ1n) is 8.58. The van der Waals surface area contributed by atoms with Crippen molar-refractivity contribution >= 4 is 5.91 Å². The minimum atomic E-state index is -0.123. The fourth-order valence-electron chi connectivity index (χ4n) is 3.05. The first kappa shape index (κ1) is 16.8. The lowest BCUT2D eigenvalue weighted by Crippen LogP contribution is -2.32. The molecule has 24 heavy (non-hydrogen) atoms. The summed E-state index contributed by atoms with van der Waals surface area (Å²) in [5.41, 5.74) is 0.988. The second-order valence-corrected chi connectivity index (χ2v) is 6.90. The number of H-pyrrole nitrogens is 1. The molecule has 6 heteroatoms. The van der Waals surface area contributed by atoms with Gasteiger partial charge in [-0.2, -0.15) is 0 Å². The SMILES string of the molecule is Cc1cnc(CN(C)C(=O)c2ccc(CN3CCC(C)CC3)o2)[nH]1. The number of likely N-dealkylation sites (tertiary alicyclic amines) is 1. The van der Waals surface area contributed by atoms with E-state index in [9.17, 15) is 4.79 Å². The summed E-state index contributed by atoms with van der Waals surface area (Å²) < 4.78 is 5.78. The highest BCUT2D eigenvalue weighted by molar-refractivity contribution is 5.91. The zero-order chi connectivity index (χ0) is 17.1. The average molecular weight is 330 g/mol. The fourth-order valence-corrected chi connectivity index (χ4v) is 3.05. The van der Waals surface area contributed by atoms with Crippen LogP contribution in [0.25, 0.3) is 0 Å². The van der Waals surface area contributed by atoms with Crippen LogP contribution in [-0.4, -0.2) is 45.8 Å². The molecular formula is C18H26N4O2. The Morgan fingerprint density at radius 2 is 2.17 bits per heavy atom. The standard InChI is InChI=1S/C18H26N4O2/c1-13-6-8-22(9-7-13)11-15-4-5-16(24-15)18(23)21(3)12-17-19-10-14(2)20-17/h4-5,10,13H,6-9,11-12H2,1-3H3,(H,19,20). The van der Waals surface area contributed by atoms with Gasteiger partial charge in [0.2, 0.25) is 0 Å². The van der Waals surface area contributed by atoms with E-state index < -0.39 is 0 Å². The molecule has 0 bridgehead atoms. The lowest BCUT2D eigenvalue weighted by molar-refractivity contribution is 0.0745. The zero-order valence-electron chi connectivity index (χ0n) is 14.7. The number of hydrogen-bond acceptors (Lipinski definition) is 4. The largest absolute Gasteiger partial charge is 0.455 e. The third-order valence-corrected chi connectivity index (χ3v) is 4.62. The van der Waals surface area contributed by atoms with Crippen LogP contribution in [-0.2, 0) is 13.1 Å². The van der Waals surface area contributed by atoms with Crippen molar-refractivity contribution in [2.24, 2.45) is 5.92 Å². The van der Waals surface area contributed by atoms with Gasteiger partial charge in [0.15, 0.2) is 5.76 Å². The van der Waals surface area contributed by atoms with Crippen molar-refractivity contribution in [1.82, 2.24) is 19.8 Å². The Labute approximate surface area is 142 Å². The third kappa shape index (κ3) is 4.06. The molecule has 0 aliphatic carbocycles. The van der Waals surface area contributed by atoms with Gasteiger partial charge in [0.25, 0.3) is 5.91 Å². The number of piperidine rings is 1. The van der Waals surface area contributed by atoms with Crippen LogP contribution in [0.5, 0.6) is 0 Å². The van der Waals surface area contributed by atoms with Crippen molar-refractivity contribution in [3.63, 3.8) is 0 Å². The van der Waals surface area contributed by atoms with Gasteiger partial charge in [0.05, 0.1) is 13.1 Å². The quantitative estimate of drug-likeness (QED) is 0.915. The van der Waals surface area contributed by atoms with E-state index >= 15 is 0 Å². The minimum absolute atomic E-state index is 0.123. The molecule has 1 aliphatic heterocycles. The maximum Gasteiger partial charge on any atom is 0.289 e. The summed E-state index contributed by atoms with van der Waals surface area (Å²) >= 11 is 0. The molecule has 1 fully saturated rings. The molecule has 3 rings (SSSR count). The van der Waals surface area contributed by atoms with Crippen LogP contribution < -0.4 is 0 Å². The summed E-state index contributed by atoms with van der Waals surface area (Å²) in [5, 5.41) is 0. The molecule has 1 N–H and O–H groups in total. The molecule has 0 unspecified atom stereocenters. The Hall–Kier alpha value is -2.08. The van der Waals surface area contributed by atoms with Crippen LogP contribution >= 0.6 is 0 Å². The van der Waals surface area contributed by atoms with Crippen LogP contribution in [0.2, 0.25) is 0 Å². The Morgan fingerprint density at radius 1 is 1.42 bits per heavy atom. The maximum atomic E-state index is 12.5. The Bertz CT molecular complexity index is 683. The van der Waals surface area contributed by atoms with Crippen molar-refractivity contribution in [3.05, 3.63) is 41.4 Å². The van der Waals surface area contributed by atoms with E-state index in [1.165, 1.54) is 12.8 Å². The number of aromatic nitrogens is 2. The number of nitrogens with one attached hydrogen (secondary N) is 1. The first-order chi connectivity index (χ1) is 11.5. The summed E-state index contributed by atoms with van der Waals surface area (Å²) in [6, 6.07) is 3.68. The number of amides is 1. The van der Waals surface area contributed by atoms with Crippen molar-refractivity contribution in [3.8, 4) is 0 Å². The molecule has 1 aliphatic rings. The summed E-state index contributed by atoms with van der Waals surface area (Å²) in [6.07, 6.45) is 4.23. The summed E-state index contributed by atoms with van der Waals surface area (Å²) in [5.74, 6) is 2.71. The van der Waals surface area contributed by atoms with E-state index in [1.807, 2.05) is 13.0 Å². The second-order valence-electron chi connectivity index (χ2n) is 6.90. The normalized spacial score (nSPS) is 16.5. The van der Waals surface area contributed by atoms with Crippen molar-refractivity contribution < 1.29 is 9.21 Å². The smallest absolute Gasteiger partial charge is 0.289 e. The Balaban J connectivity index is 1.56. The lowest BCUT2D eigenvalue weighted by Gasteiger charge is -2.29. The van der Waals surface area contributed by atoms with E-state index in [2.05, 4.69) is 21.8 Å². The average Bonchev–Trinajstić information content (AvgIpc) is 3.18. The molecule has 2 aromatic rings. The van der Waals surface area contributed by atoms with Crippen LogP contribution in [0.1, 0.15) is 47.6 Å². The molecule has 0 atom stereocenters. The summed E-state index contributed by atoms with van der Waals surface area (Å²) in [7, 11) is 1.76. The van der Waals surface area contributed by atoms with E-state index in [1.54, 1.807) is 24.2 Å². The topological polar surface area (TPSA) is 65.4 Å². The van der Waals surface area contributed by atoms with Gasteiger partial charge in [-0.15, -0.1) is 0 Å². The molecule has 3 heterocycles. The monoisotopic (exact) mass is 330 g/mol. The van der Waals surface area contributed by atoms with E-state index in [4.69, 9.17) is 4.42 Å². The number of nitrogens with zero attached hydrogens (tertiary/aromatic N) is 3. The predicted octanol–water partition coefficient (Wildman–Crippen LogP) is 2.82. The highest BCUT2D eigenvalue weighted by atomic mass is 16.4. The highest BCUT2D eigenvalue weighted by Crippen LogP contribution is 2.19. The van der Waals surface area contributed by atoms with E-state index in [0.717, 1.165) is 42.8 Å². The number of aromatic amines is 1. The van der Waals surface area contributed by atoms with E-state index in [-0.39, 0.29) is 5.91 Å². The van der Waals surface area contributed by atoms with E-state index in [0.29, 0.717) is 12.3 Å². The van der Waals surface area contributed by atoms with Crippen molar-refractivity contribution in [1.29, 1.82) is 0 Å². The molecule has 1 amide bonds. The molecule has 0 radical (unpaired) electrons. The first-order valence-corrected chi connectivity index (χ1v) is 8.58. The molecular weight excluding hydrogens is 304 g/mol. The molecule has 6 nitrogen and oxygen atoms in total. The number of imidazole rings is 1. The number of furan rings is 1. The van der Waals surface area contributed by atoms with Crippen LogP contribution in [0.3, 0.4) is 0 Å². The molecule has 0 saturated carbocycles. The zero-order valence-corrected chi connectivity index (χ0v) is 14.7. The van der Waals surface area contributed by atoms with Gasteiger partial charge in [-0.05, 0) is 50.9 Å².